The average molecular weight is 1120 g/mol. The minimum Gasteiger partial charge on any atom is -0.503 e. The second-order valence-corrected chi connectivity index (χ2v) is 23.3. The van der Waals surface area contributed by atoms with E-state index < -0.39 is 11.1 Å². The predicted octanol–water partition coefficient (Wildman–Crippen LogP) is 17.2. The molecule has 368 valence electrons. The van der Waals surface area contributed by atoms with E-state index in [-0.39, 0.29) is 55.6 Å². The number of hydrogen-bond donors (Lipinski definition) is 0. The van der Waals surface area contributed by atoms with Crippen LogP contribution in [0.25, 0.3) is 27.6 Å². The summed E-state index contributed by atoms with van der Waals surface area (Å²) in [5, 5.41) is 2.29. The maximum Gasteiger partial charge on any atom is 2.00 e. The zero-order valence-electron chi connectivity index (χ0n) is 44.6. The van der Waals surface area contributed by atoms with Crippen LogP contribution >= 0.6 is 0 Å². The number of amidine groups is 1. The summed E-state index contributed by atoms with van der Waals surface area (Å²) in [7, 11) is 0. The van der Waals surface area contributed by atoms with E-state index in [0.29, 0.717) is 11.5 Å². The van der Waals surface area contributed by atoms with Crippen molar-refractivity contribution in [2.75, 3.05) is 4.90 Å². The number of pyridine rings is 1. The van der Waals surface area contributed by atoms with Crippen LogP contribution in [0.1, 0.15) is 172 Å². The zero-order valence-corrected chi connectivity index (χ0v) is 46.9. The third kappa shape index (κ3) is 9.45. The van der Waals surface area contributed by atoms with Gasteiger partial charge >= 0.3 is 21.1 Å². The van der Waals surface area contributed by atoms with Crippen molar-refractivity contribution >= 4 is 33.5 Å². The van der Waals surface area contributed by atoms with Crippen molar-refractivity contribution < 1.29 is 25.8 Å². The Hall–Kier alpha value is -5.77. The first-order chi connectivity index (χ1) is 33.1. The second kappa shape index (κ2) is 19.3. The van der Waals surface area contributed by atoms with E-state index in [1.54, 1.807) is 0 Å². The topological polar surface area (TPSA) is 42.6 Å². The summed E-state index contributed by atoms with van der Waals surface area (Å²) in [6.45, 7) is 34.4. The van der Waals surface area contributed by atoms with Gasteiger partial charge in [0.2, 0.25) is 0 Å². The number of para-hydroxylation sites is 1. The Labute approximate surface area is 439 Å². The predicted molar refractivity (Wildman–Crippen MR) is 295 cm³/mol. The molecule has 0 spiro atoms. The molecule has 2 aromatic heterocycles. The fourth-order valence-corrected chi connectivity index (χ4v) is 10.7. The molecular formula is C65H72N4OPt. The first-order valence-corrected chi connectivity index (χ1v) is 25.4. The minimum absolute atomic E-state index is 0. The Bertz CT molecular complexity index is 3170. The van der Waals surface area contributed by atoms with Crippen LogP contribution < -0.4 is 9.64 Å². The molecule has 0 fully saturated rings. The van der Waals surface area contributed by atoms with Crippen molar-refractivity contribution in [1.82, 2.24) is 9.55 Å². The third-order valence-electron chi connectivity index (χ3n) is 15.0. The van der Waals surface area contributed by atoms with Crippen molar-refractivity contribution in [3.63, 3.8) is 0 Å². The molecule has 0 aliphatic carbocycles. The molecule has 3 heterocycles. The van der Waals surface area contributed by atoms with Gasteiger partial charge in [-0.05, 0) is 101 Å². The summed E-state index contributed by atoms with van der Waals surface area (Å²) in [4.78, 5) is 13.6. The molecule has 8 aromatic rings. The van der Waals surface area contributed by atoms with E-state index >= 15 is 0 Å². The molecule has 0 amide bonds. The van der Waals surface area contributed by atoms with Gasteiger partial charge in [0, 0.05) is 40.1 Å². The third-order valence-corrected chi connectivity index (χ3v) is 15.0. The molecule has 9 rings (SSSR count). The van der Waals surface area contributed by atoms with Crippen LogP contribution in [-0.4, -0.2) is 26.5 Å². The average Bonchev–Trinajstić information content (AvgIpc) is 3.75. The molecule has 5 nitrogen and oxygen atoms in total. The maximum absolute atomic E-state index is 7.17. The number of ether oxygens (including phenoxy) is 1. The summed E-state index contributed by atoms with van der Waals surface area (Å²) in [6.07, 6.45) is 1.88. The molecule has 1 aliphatic rings. The van der Waals surface area contributed by atoms with Gasteiger partial charge in [0.25, 0.3) is 0 Å². The molecule has 0 N–H and O–H groups in total. The zero-order chi connectivity index (χ0) is 50.1. The van der Waals surface area contributed by atoms with Crippen molar-refractivity contribution in [2.24, 2.45) is 4.99 Å². The van der Waals surface area contributed by atoms with Gasteiger partial charge in [-0.1, -0.05) is 186 Å². The molecule has 0 bridgehead atoms. The number of rotatable bonds is 11. The van der Waals surface area contributed by atoms with Gasteiger partial charge in [-0.15, -0.1) is 41.0 Å². The van der Waals surface area contributed by atoms with Gasteiger partial charge in [0.1, 0.15) is 5.65 Å². The molecule has 0 unspecified atom stereocenters. The summed E-state index contributed by atoms with van der Waals surface area (Å²) < 4.78 is 9.42. The van der Waals surface area contributed by atoms with Crippen LogP contribution in [0, 0.1) is 12.1 Å². The Morgan fingerprint density at radius 1 is 0.563 bits per heavy atom. The van der Waals surface area contributed by atoms with Gasteiger partial charge in [-0.3, -0.25) is 0 Å². The fourth-order valence-electron chi connectivity index (χ4n) is 10.7. The van der Waals surface area contributed by atoms with E-state index in [1.807, 2.05) is 12.3 Å². The van der Waals surface area contributed by atoms with Gasteiger partial charge in [0.15, 0.2) is 0 Å². The Balaban J connectivity index is 0.00000676. The Morgan fingerprint density at radius 2 is 1.15 bits per heavy atom. The van der Waals surface area contributed by atoms with Crippen LogP contribution in [0.3, 0.4) is 0 Å². The largest absolute Gasteiger partial charge is 2.00 e. The van der Waals surface area contributed by atoms with Crippen LogP contribution in [0.15, 0.2) is 145 Å². The van der Waals surface area contributed by atoms with Crippen LogP contribution in [0.2, 0.25) is 0 Å². The summed E-state index contributed by atoms with van der Waals surface area (Å²) in [5.74, 6) is 2.80. The number of nitrogens with zero attached hydrogens (tertiary/aromatic N) is 4. The molecule has 0 saturated carbocycles. The van der Waals surface area contributed by atoms with E-state index in [4.69, 9.17) is 14.7 Å². The molecule has 0 radical (unpaired) electrons. The standard InChI is InChI=1S/C65H72N4O.Pt/c1-41(2)46-34-47(36-51(35-46)70-52-38-49(63(10,11)12)37-50(40-52)68-57-32-31-48(62(7,8)9)39-56(57)55-30-23-33-66-61(55)68)60-67-64(13,14)65(15,58(44-24-18-16-19-25-44)45-26-20-17-21-27-45)69(60)59-53(42(3)4)28-22-29-54(59)43(5)6;/h16-35,37-39,41-43,58H,1-15H3;/q-2;+2/t65-;/m0./s1. The molecular weight excluding hydrogens is 1050 g/mol. The molecule has 1 atom stereocenters. The van der Waals surface area contributed by atoms with Crippen molar-refractivity contribution in [1.29, 1.82) is 0 Å². The monoisotopic (exact) mass is 1120 g/mol. The fraction of sp³-hybridized carbons (Fsp3) is 0.354. The number of benzene rings is 6. The minimum atomic E-state index is -0.601. The van der Waals surface area contributed by atoms with E-state index in [9.17, 15) is 0 Å². The Kier molecular flexibility index (Phi) is 14.0. The molecule has 71 heavy (non-hydrogen) atoms. The van der Waals surface area contributed by atoms with Crippen molar-refractivity contribution in [3.05, 3.63) is 196 Å². The SMILES string of the molecule is CC(C)c1cc(Oc2[c-]c(-n3c4ccc(C(C)(C)C)cc4c4cccnc43)cc(C(C)(C)C)c2)[c-]c(C2=NC(C)(C)[C@](C)(C(c3ccccc3)c3ccccc3)N2c2c(C(C)C)cccc2C(C)C)c1.[Pt+2]. The summed E-state index contributed by atoms with van der Waals surface area (Å²) >= 11 is 0. The van der Waals surface area contributed by atoms with Crippen LogP contribution in [0.5, 0.6) is 11.5 Å². The molecule has 6 aromatic carbocycles. The maximum atomic E-state index is 7.17. The van der Waals surface area contributed by atoms with Crippen LogP contribution in [0.4, 0.5) is 5.69 Å². The van der Waals surface area contributed by atoms with Crippen LogP contribution in [-0.2, 0) is 31.9 Å². The molecule has 6 heteroatoms. The first-order valence-electron chi connectivity index (χ1n) is 25.4. The number of hydrogen-bond acceptors (Lipinski definition) is 4. The van der Waals surface area contributed by atoms with Gasteiger partial charge in [0.05, 0.1) is 22.4 Å². The second-order valence-electron chi connectivity index (χ2n) is 23.3. The van der Waals surface area contributed by atoms with Crippen molar-refractivity contribution in [2.45, 2.75) is 149 Å². The van der Waals surface area contributed by atoms with E-state index in [2.05, 4.69) is 253 Å². The van der Waals surface area contributed by atoms with E-state index in [1.165, 1.54) is 38.9 Å². The number of aromatic nitrogens is 2. The number of aliphatic imine (C=N–C) groups is 1. The normalized spacial score (nSPS) is 16.2. The van der Waals surface area contributed by atoms with Crippen molar-refractivity contribution in [3.8, 4) is 17.2 Å². The van der Waals surface area contributed by atoms with Gasteiger partial charge in [-0.25, -0.2) is 4.98 Å². The Morgan fingerprint density at radius 3 is 1.72 bits per heavy atom. The smallest absolute Gasteiger partial charge is 0.503 e. The summed E-state index contributed by atoms with van der Waals surface area (Å²) in [6, 6.07) is 56.5. The first kappa shape index (κ1) is 51.6. The summed E-state index contributed by atoms with van der Waals surface area (Å²) in [5.41, 5.74) is 12.3. The number of fused-ring (bicyclic) bond motifs is 3. The number of anilines is 1. The van der Waals surface area contributed by atoms with Gasteiger partial charge < -0.3 is 19.2 Å². The van der Waals surface area contributed by atoms with E-state index in [0.717, 1.165) is 44.8 Å². The molecule has 1 aliphatic heterocycles. The molecule has 0 saturated heterocycles. The van der Waals surface area contributed by atoms with Gasteiger partial charge in [-0.2, -0.15) is 0 Å². The quantitative estimate of drug-likeness (QED) is 0.121.